The van der Waals surface area contributed by atoms with Gasteiger partial charge in [-0.1, -0.05) is 0 Å². The van der Waals surface area contributed by atoms with Gasteiger partial charge in [-0.15, -0.1) is 11.3 Å². The molecule has 1 fully saturated rings. The number of phenols is 1. The predicted octanol–water partition coefficient (Wildman–Crippen LogP) is 4.24. The van der Waals surface area contributed by atoms with Gasteiger partial charge in [0.1, 0.15) is 17.6 Å². The molecule has 7 nitrogen and oxygen atoms in total. The Balaban J connectivity index is 1.63. The number of nitrogens with one attached hydrogen (secondary N) is 2. The minimum Gasteiger partial charge on any atom is -0.508 e. The molecule has 3 aromatic heterocycles. The lowest BCUT2D eigenvalue weighted by atomic mass is 9.99. The van der Waals surface area contributed by atoms with Crippen LogP contribution < -0.4 is 5.32 Å². The van der Waals surface area contributed by atoms with Crippen LogP contribution in [0.5, 0.6) is 5.75 Å². The number of phenolic OH excluding ortho intramolecular Hbond substituents is 1. The van der Waals surface area contributed by atoms with E-state index in [9.17, 15) is 14.8 Å². The molecule has 0 unspecified atom stereocenters. The van der Waals surface area contributed by atoms with Crippen molar-refractivity contribution in [1.29, 1.82) is 5.26 Å². The van der Waals surface area contributed by atoms with E-state index in [1.807, 2.05) is 13.1 Å². The molecule has 9 heteroatoms. The van der Waals surface area contributed by atoms with Gasteiger partial charge >= 0.3 is 0 Å². The average Bonchev–Trinajstić information content (AvgIpc) is 3.42. The molecule has 0 radical (unpaired) electrons. The van der Waals surface area contributed by atoms with E-state index < -0.39 is 5.82 Å². The van der Waals surface area contributed by atoms with E-state index in [1.165, 1.54) is 12.1 Å². The van der Waals surface area contributed by atoms with Crippen LogP contribution in [0.15, 0.2) is 24.4 Å². The summed E-state index contributed by atoms with van der Waals surface area (Å²) in [4.78, 5) is 10.1. The van der Waals surface area contributed by atoms with E-state index >= 15 is 0 Å². The first-order chi connectivity index (χ1) is 15.1. The number of H-pyrrole nitrogens is 1. The summed E-state index contributed by atoms with van der Waals surface area (Å²) in [5.41, 5.74) is 2.49. The van der Waals surface area contributed by atoms with Crippen LogP contribution >= 0.6 is 11.3 Å². The maximum atomic E-state index is 14.5. The average molecular weight is 435 g/mol. The highest BCUT2D eigenvalue weighted by Crippen LogP contribution is 2.39. The summed E-state index contributed by atoms with van der Waals surface area (Å²) >= 11 is 1.63. The van der Waals surface area contributed by atoms with Crippen LogP contribution in [0.2, 0.25) is 0 Å². The molecule has 156 valence electrons. The number of halogens is 1. The van der Waals surface area contributed by atoms with Crippen LogP contribution in [0, 0.1) is 24.1 Å². The summed E-state index contributed by atoms with van der Waals surface area (Å²) in [5.74, 6) is -0.380. The fraction of sp³-hybridized carbons (Fsp3) is 0.273. The van der Waals surface area contributed by atoms with E-state index in [0.29, 0.717) is 17.1 Å². The van der Waals surface area contributed by atoms with Gasteiger partial charge in [-0.05, 0) is 50.6 Å². The normalized spacial score (nSPS) is 14.7. The van der Waals surface area contributed by atoms with Crippen LogP contribution in [0.1, 0.15) is 34.9 Å². The number of fused-ring (bicyclic) bond motifs is 1. The number of aromatic nitrogens is 4. The molecule has 0 spiro atoms. The van der Waals surface area contributed by atoms with Gasteiger partial charge < -0.3 is 10.4 Å². The second-order valence-corrected chi connectivity index (χ2v) is 8.68. The van der Waals surface area contributed by atoms with Crippen molar-refractivity contribution < 1.29 is 9.50 Å². The first kappa shape index (κ1) is 19.6. The van der Waals surface area contributed by atoms with Crippen LogP contribution in [-0.4, -0.2) is 38.4 Å². The summed E-state index contributed by atoms with van der Waals surface area (Å²) in [6, 6.07) is 5.97. The third kappa shape index (κ3) is 3.34. The fourth-order valence-electron chi connectivity index (χ4n) is 4.10. The van der Waals surface area contributed by atoms with Gasteiger partial charge in [0.05, 0.1) is 32.2 Å². The highest BCUT2D eigenvalue weighted by atomic mass is 32.1. The SMILES string of the molecule is Cc1c(C#N)c(-c2ccc(O)cc2F)nc2n[nH]c(-c3cnc(C4CCNCC4)s3)c12. The van der Waals surface area contributed by atoms with Crippen molar-refractivity contribution in [3.05, 3.63) is 46.3 Å². The van der Waals surface area contributed by atoms with Crippen molar-refractivity contribution in [3.8, 4) is 33.6 Å². The summed E-state index contributed by atoms with van der Waals surface area (Å²) in [5, 5.41) is 31.9. The summed E-state index contributed by atoms with van der Waals surface area (Å²) < 4.78 is 14.5. The smallest absolute Gasteiger partial charge is 0.182 e. The van der Waals surface area contributed by atoms with Crippen LogP contribution in [-0.2, 0) is 0 Å². The van der Waals surface area contributed by atoms with Crippen LogP contribution in [0.3, 0.4) is 0 Å². The van der Waals surface area contributed by atoms with Crippen LogP contribution in [0.25, 0.3) is 32.9 Å². The van der Waals surface area contributed by atoms with Gasteiger partial charge in [-0.3, -0.25) is 5.10 Å². The number of piperidine rings is 1. The molecule has 1 saturated heterocycles. The highest BCUT2D eigenvalue weighted by Gasteiger charge is 2.23. The summed E-state index contributed by atoms with van der Waals surface area (Å²) in [7, 11) is 0. The van der Waals surface area contributed by atoms with E-state index in [4.69, 9.17) is 0 Å². The number of rotatable bonds is 3. The number of aromatic amines is 1. The maximum Gasteiger partial charge on any atom is 0.182 e. The summed E-state index contributed by atoms with van der Waals surface area (Å²) in [6.45, 7) is 3.81. The molecule has 1 aliphatic rings. The van der Waals surface area contributed by atoms with Gasteiger partial charge in [-0.25, -0.2) is 14.4 Å². The number of pyridine rings is 1. The predicted molar refractivity (Wildman–Crippen MR) is 116 cm³/mol. The number of thiazole rings is 1. The number of benzene rings is 1. The Morgan fingerprint density at radius 1 is 1.29 bits per heavy atom. The van der Waals surface area contributed by atoms with E-state index in [0.717, 1.165) is 53.0 Å². The first-order valence-corrected chi connectivity index (χ1v) is 10.8. The Hall–Kier alpha value is -3.35. The van der Waals surface area contributed by atoms with Crippen LogP contribution in [0.4, 0.5) is 4.39 Å². The number of nitriles is 1. The molecule has 4 aromatic rings. The topological polar surface area (TPSA) is 111 Å². The minimum atomic E-state index is -0.646. The van der Waals surface area contributed by atoms with Gasteiger partial charge in [0.2, 0.25) is 0 Å². The molecule has 0 amide bonds. The number of hydrogen-bond donors (Lipinski definition) is 3. The van der Waals surface area contributed by atoms with E-state index in [1.54, 1.807) is 11.3 Å². The summed E-state index contributed by atoms with van der Waals surface area (Å²) in [6.07, 6.45) is 3.98. The third-order valence-corrected chi connectivity index (χ3v) is 6.91. The molecule has 5 rings (SSSR count). The molecule has 0 atom stereocenters. The molecule has 4 heterocycles. The number of aromatic hydroxyl groups is 1. The Morgan fingerprint density at radius 2 is 2.10 bits per heavy atom. The van der Waals surface area contributed by atoms with Crippen molar-refractivity contribution >= 4 is 22.4 Å². The highest BCUT2D eigenvalue weighted by molar-refractivity contribution is 7.15. The number of aryl methyl sites for hydroxylation is 1. The second-order valence-electron chi connectivity index (χ2n) is 7.62. The first-order valence-electron chi connectivity index (χ1n) is 10.0. The lowest BCUT2D eigenvalue weighted by Crippen LogP contribution is -2.26. The Kier molecular flexibility index (Phi) is 4.88. The quantitative estimate of drug-likeness (QED) is 0.445. The molecule has 3 N–H and O–H groups in total. The second kappa shape index (κ2) is 7.72. The van der Waals surface area contributed by atoms with E-state index in [2.05, 4.69) is 31.6 Å². The molecule has 0 saturated carbocycles. The van der Waals surface area contributed by atoms with Crippen molar-refractivity contribution in [2.45, 2.75) is 25.7 Å². The molecule has 31 heavy (non-hydrogen) atoms. The van der Waals surface area contributed by atoms with Gasteiger partial charge in [0, 0.05) is 23.7 Å². The maximum absolute atomic E-state index is 14.5. The van der Waals surface area contributed by atoms with Crippen molar-refractivity contribution in [2.24, 2.45) is 0 Å². The Morgan fingerprint density at radius 3 is 2.84 bits per heavy atom. The molecule has 1 aromatic carbocycles. The Bertz CT molecular complexity index is 1330. The Labute approximate surface area is 181 Å². The standard InChI is InChI=1S/C22H19FN6OS/c1-11-15(9-24)19(14-3-2-13(30)8-16(14)23)27-21-18(11)20(28-29-21)17-10-26-22(31-17)12-4-6-25-7-5-12/h2-3,8,10,12,25,30H,4-7H2,1H3,(H,27,28,29). The lowest BCUT2D eigenvalue weighted by Gasteiger charge is -2.20. The monoisotopic (exact) mass is 434 g/mol. The minimum absolute atomic E-state index is 0.148. The lowest BCUT2D eigenvalue weighted by molar-refractivity contribution is 0.459. The zero-order chi connectivity index (χ0) is 21.5. The van der Waals surface area contributed by atoms with Gasteiger partial charge in [-0.2, -0.15) is 10.4 Å². The zero-order valence-electron chi connectivity index (χ0n) is 16.7. The largest absolute Gasteiger partial charge is 0.508 e. The van der Waals surface area contributed by atoms with Crippen molar-refractivity contribution in [1.82, 2.24) is 25.5 Å². The molecule has 0 aliphatic carbocycles. The van der Waals surface area contributed by atoms with Crippen molar-refractivity contribution in [2.75, 3.05) is 13.1 Å². The van der Waals surface area contributed by atoms with Gasteiger partial charge in [0.25, 0.3) is 0 Å². The van der Waals surface area contributed by atoms with Crippen molar-refractivity contribution in [3.63, 3.8) is 0 Å². The third-order valence-electron chi connectivity index (χ3n) is 5.73. The zero-order valence-corrected chi connectivity index (χ0v) is 17.6. The van der Waals surface area contributed by atoms with Gasteiger partial charge in [0.15, 0.2) is 5.65 Å². The van der Waals surface area contributed by atoms with E-state index in [-0.39, 0.29) is 22.6 Å². The fourth-order valence-corrected chi connectivity index (χ4v) is 5.19. The molecular formula is C22H19FN6OS. The molecule has 1 aliphatic heterocycles. The number of hydrogen-bond acceptors (Lipinski definition) is 7. The molecular weight excluding hydrogens is 415 g/mol. The number of nitrogens with zero attached hydrogens (tertiary/aromatic N) is 4. The molecule has 0 bridgehead atoms.